The Morgan fingerprint density at radius 2 is 1.96 bits per heavy atom. The predicted octanol–water partition coefficient (Wildman–Crippen LogP) is 3.48. The minimum absolute atomic E-state index is 0.0756. The molecule has 0 radical (unpaired) electrons. The van der Waals surface area contributed by atoms with Crippen molar-refractivity contribution >= 4 is 33.5 Å². The van der Waals surface area contributed by atoms with E-state index in [0.29, 0.717) is 16.9 Å². The quantitative estimate of drug-likeness (QED) is 0.739. The van der Waals surface area contributed by atoms with Crippen LogP contribution in [-0.2, 0) is 0 Å². The lowest BCUT2D eigenvalue weighted by Gasteiger charge is -2.21. The standard InChI is InChI=1S/C18H18N4O2S/c1-9(2)22-16-14(18(24)21-22)15(25-10(3)19-16)12-8-11-6-4-5-7-13(11)20-17(12)23/h4-9,15H,1-3H3,(H,20,23)(H,21,24)/t15-/m1/s1. The van der Waals surface area contributed by atoms with Crippen LogP contribution in [0.2, 0.25) is 0 Å². The first kappa shape index (κ1) is 16.0. The summed E-state index contributed by atoms with van der Waals surface area (Å²) < 4.78 is 1.77. The number of rotatable bonds is 2. The monoisotopic (exact) mass is 354 g/mol. The van der Waals surface area contributed by atoms with Gasteiger partial charge in [0, 0.05) is 17.1 Å². The molecule has 0 spiro atoms. The van der Waals surface area contributed by atoms with Gasteiger partial charge in [0.1, 0.15) is 0 Å². The summed E-state index contributed by atoms with van der Waals surface area (Å²) in [4.78, 5) is 32.7. The van der Waals surface area contributed by atoms with Gasteiger partial charge in [0.05, 0.1) is 15.9 Å². The zero-order chi connectivity index (χ0) is 17.7. The maximum absolute atomic E-state index is 12.7. The van der Waals surface area contributed by atoms with Crippen molar-refractivity contribution in [2.75, 3.05) is 0 Å². The Bertz CT molecular complexity index is 1120. The smallest absolute Gasteiger partial charge is 0.271 e. The second kappa shape index (κ2) is 5.77. The second-order valence-corrected chi connectivity index (χ2v) is 7.71. The van der Waals surface area contributed by atoms with Crippen LogP contribution in [-0.4, -0.2) is 19.8 Å². The summed E-state index contributed by atoms with van der Waals surface area (Å²) in [6.45, 7) is 5.87. The van der Waals surface area contributed by atoms with Crippen LogP contribution < -0.4 is 11.1 Å². The molecule has 3 aromatic rings. The van der Waals surface area contributed by atoms with Gasteiger partial charge in [-0.3, -0.25) is 19.4 Å². The molecule has 2 aromatic heterocycles. The molecule has 2 N–H and O–H groups in total. The van der Waals surface area contributed by atoms with Crippen LogP contribution in [0, 0.1) is 0 Å². The van der Waals surface area contributed by atoms with Crippen LogP contribution in [0.1, 0.15) is 43.2 Å². The van der Waals surface area contributed by atoms with E-state index >= 15 is 0 Å². The average molecular weight is 354 g/mol. The molecular formula is C18H18N4O2S. The average Bonchev–Trinajstić information content (AvgIpc) is 2.90. The van der Waals surface area contributed by atoms with E-state index in [1.165, 1.54) is 11.8 Å². The number of aromatic nitrogens is 3. The fraction of sp³-hybridized carbons (Fsp3) is 0.278. The van der Waals surface area contributed by atoms with E-state index in [1.54, 1.807) is 4.68 Å². The van der Waals surface area contributed by atoms with Crippen molar-refractivity contribution in [2.24, 2.45) is 4.99 Å². The number of thioether (sulfide) groups is 1. The van der Waals surface area contributed by atoms with Crippen molar-refractivity contribution in [2.45, 2.75) is 32.1 Å². The minimum atomic E-state index is -0.371. The Balaban J connectivity index is 1.97. The van der Waals surface area contributed by atoms with E-state index in [1.807, 2.05) is 51.1 Å². The molecule has 0 fully saturated rings. The third kappa shape index (κ3) is 2.55. The van der Waals surface area contributed by atoms with Gasteiger partial charge in [-0.25, -0.2) is 4.99 Å². The predicted molar refractivity (Wildman–Crippen MR) is 102 cm³/mol. The Kier molecular flexibility index (Phi) is 3.68. The van der Waals surface area contributed by atoms with Crippen LogP contribution in [0.4, 0.5) is 5.82 Å². The van der Waals surface area contributed by atoms with Crippen molar-refractivity contribution in [1.82, 2.24) is 14.8 Å². The number of pyridine rings is 1. The lowest BCUT2D eigenvalue weighted by atomic mass is 10.1. The van der Waals surface area contributed by atoms with E-state index in [9.17, 15) is 9.59 Å². The molecule has 0 saturated heterocycles. The molecule has 0 unspecified atom stereocenters. The van der Waals surface area contributed by atoms with Crippen molar-refractivity contribution in [3.63, 3.8) is 0 Å². The molecule has 0 amide bonds. The molecule has 6 nitrogen and oxygen atoms in total. The zero-order valence-electron chi connectivity index (χ0n) is 14.2. The number of hydrogen-bond donors (Lipinski definition) is 2. The Morgan fingerprint density at radius 3 is 2.72 bits per heavy atom. The summed E-state index contributed by atoms with van der Waals surface area (Å²) in [7, 11) is 0. The highest BCUT2D eigenvalue weighted by Crippen LogP contribution is 2.43. The van der Waals surface area contributed by atoms with Crippen molar-refractivity contribution in [1.29, 1.82) is 0 Å². The molecule has 1 aromatic carbocycles. The first-order valence-corrected chi connectivity index (χ1v) is 9.02. The molecule has 128 valence electrons. The van der Waals surface area contributed by atoms with Gasteiger partial charge in [-0.05, 0) is 38.3 Å². The van der Waals surface area contributed by atoms with Gasteiger partial charge in [0.15, 0.2) is 5.82 Å². The normalized spacial score (nSPS) is 17.0. The fourth-order valence-corrected chi connectivity index (χ4v) is 4.27. The molecule has 1 atom stereocenters. The van der Waals surface area contributed by atoms with Crippen LogP contribution in [0.3, 0.4) is 0 Å². The highest BCUT2D eigenvalue weighted by atomic mass is 32.2. The van der Waals surface area contributed by atoms with Crippen LogP contribution in [0.5, 0.6) is 0 Å². The van der Waals surface area contributed by atoms with E-state index in [2.05, 4.69) is 15.1 Å². The minimum Gasteiger partial charge on any atom is -0.322 e. The highest BCUT2D eigenvalue weighted by molar-refractivity contribution is 8.14. The summed E-state index contributed by atoms with van der Waals surface area (Å²) in [5, 5.41) is 4.26. The van der Waals surface area contributed by atoms with Gasteiger partial charge in [-0.15, -0.1) is 0 Å². The molecule has 0 aliphatic carbocycles. The van der Waals surface area contributed by atoms with Gasteiger partial charge in [-0.1, -0.05) is 30.0 Å². The Morgan fingerprint density at radius 1 is 1.20 bits per heavy atom. The summed E-state index contributed by atoms with van der Waals surface area (Å²) >= 11 is 1.44. The van der Waals surface area contributed by atoms with Crippen molar-refractivity contribution in [3.05, 3.63) is 62.2 Å². The number of aliphatic imine (C=N–C) groups is 1. The summed E-state index contributed by atoms with van der Waals surface area (Å²) in [6, 6.07) is 9.59. The molecule has 0 saturated carbocycles. The first-order valence-electron chi connectivity index (χ1n) is 8.14. The summed E-state index contributed by atoms with van der Waals surface area (Å²) in [6.07, 6.45) is 0. The number of fused-ring (bicyclic) bond motifs is 2. The number of benzene rings is 1. The molecule has 7 heteroatoms. The summed E-state index contributed by atoms with van der Waals surface area (Å²) in [5.74, 6) is 0.619. The Labute approximate surface area is 148 Å². The van der Waals surface area contributed by atoms with E-state index in [0.717, 1.165) is 15.9 Å². The molecule has 1 aliphatic rings. The molecular weight excluding hydrogens is 336 g/mol. The molecule has 0 bridgehead atoms. The Hall–Kier alpha value is -2.54. The number of nitrogens with one attached hydrogen (secondary N) is 2. The molecule has 1 aliphatic heterocycles. The van der Waals surface area contributed by atoms with E-state index in [-0.39, 0.29) is 22.4 Å². The van der Waals surface area contributed by atoms with Gasteiger partial charge < -0.3 is 4.98 Å². The highest BCUT2D eigenvalue weighted by Gasteiger charge is 2.32. The second-order valence-electron chi connectivity index (χ2n) is 6.41. The van der Waals surface area contributed by atoms with Crippen LogP contribution in [0.25, 0.3) is 10.9 Å². The van der Waals surface area contributed by atoms with Gasteiger partial charge >= 0.3 is 0 Å². The van der Waals surface area contributed by atoms with Gasteiger partial charge in [-0.2, -0.15) is 0 Å². The largest absolute Gasteiger partial charge is 0.322 e. The number of H-pyrrole nitrogens is 2. The van der Waals surface area contributed by atoms with Crippen molar-refractivity contribution < 1.29 is 0 Å². The summed E-state index contributed by atoms with van der Waals surface area (Å²) in [5.41, 5.74) is 1.55. The SMILES string of the molecule is CC1=Nc2c(c(=O)[nH]n2C(C)C)[C@@H](c2cc3ccccc3[nH]c2=O)S1. The third-order valence-electron chi connectivity index (χ3n) is 4.33. The lowest BCUT2D eigenvalue weighted by molar-refractivity contribution is 0.533. The fourth-order valence-electron chi connectivity index (χ4n) is 3.16. The molecule has 25 heavy (non-hydrogen) atoms. The van der Waals surface area contributed by atoms with Gasteiger partial charge in [0.2, 0.25) is 0 Å². The lowest BCUT2D eigenvalue weighted by Crippen LogP contribution is -2.21. The van der Waals surface area contributed by atoms with Crippen LogP contribution >= 0.6 is 11.8 Å². The third-order valence-corrected chi connectivity index (χ3v) is 5.49. The maximum atomic E-state index is 12.7. The van der Waals surface area contributed by atoms with Gasteiger partial charge in [0.25, 0.3) is 11.1 Å². The molecule has 3 heterocycles. The van der Waals surface area contributed by atoms with Crippen LogP contribution in [0.15, 0.2) is 44.9 Å². The van der Waals surface area contributed by atoms with Crippen molar-refractivity contribution in [3.8, 4) is 0 Å². The first-order chi connectivity index (χ1) is 12.0. The van der Waals surface area contributed by atoms with E-state index in [4.69, 9.17) is 0 Å². The molecule has 4 rings (SSSR count). The maximum Gasteiger partial charge on any atom is 0.271 e. The number of aromatic amines is 2. The number of para-hydroxylation sites is 1. The number of hydrogen-bond acceptors (Lipinski definition) is 4. The number of nitrogens with zero attached hydrogens (tertiary/aromatic N) is 2. The zero-order valence-corrected chi connectivity index (χ0v) is 15.0. The van der Waals surface area contributed by atoms with E-state index < -0.39 is 0 Å². The topological polar surface area (TPSA) is 83.0 Å².